The molecule has 0 bridgehead atoms. The summed E-state index contributed by atoms with van der Waals surface area (Å²) < 4.78 is 14.6. The fraction of sp³-hybridized carbons (Fsp3) is 0.857. The Hall–Kier alpha value is -0.610. The van der Waals surface area contributed by atoms with Gasteiger partial charge in [0.05, 0.1) is 19.8 Å². The normalized spacial score (nSPS) is 19.7. The molecule has 64 valence electrons. The number of esters is 1. The quantitative estimate of drug-likeness (QED) is 0.540. The summed E-state index contributed by atoms with van der Waals surface area (Å²) in [6.07, 6.45) is 0. The number of carbonyl (C=O) groups is 1. The molecule has 1 saturated heterocycles. The first-order valence-electron chi connectivity index (χ1n) is 3.66. The van der Waals surface area contributed by atoms with Crippen molar-refractivity contribution in [2.24, 2.45) is 5.92 Å². The lowest BCUT2D eigenvalue weighted by atomic mass is 10.2. The van der Waals surface area contributed by atoms with Crippen LogP contribution in [0.4, 0.5) is 0 Å². The van der Waals surface area contributed by atoms with Gasteiger partial charge in [0.25, 0.3) is 0 Å². The van der Waals surface area contributed by atoms with E-state index in [0.717, 1.165) is 0 Å². The van der Waals surface area contributed by atoms with Gasteiger partial charge in [0.2, 0.25) is 0 Å². The Morgan fingerprint density at radius 1 is 1.55 bits per heavy atom. The molecule has 1 fully saturated rings. The largest absolute Gasteiger partial charge is 0.466 e. The highest BCUT2D eigenvalue weighted by molar-refractivity contribution is 5.72. The molecule has 1 rings (SSSR count). The number of ether oxygens (including phenoxy) is 3. The van der Waals surface area contributed by atoms with E-state index in [1.165, 1.54) is 0 Å². The van der Waals surface area contributed by atoms with E-state index in [2.05, 4.69) is 0 Å². The fourth-order valence-electron chi connectivity index (χ4n) is 0.884. The van der Waals surface area contributed by atoms with Crippen LogP contribution in [0.5, 0.6) is 0 Å². The van der Waals surface area contributed by atoms with Gasteiger partial charge in [0.1, 0.15) is 12.7 Å². The van der Waals surface area contributed by atoms with Crippen molar-refractivity contribution in [3.05, 3.63) is 0 Å². The summed E-state index contributed by atoms with van der Waals surface area (Å²) >= 11 is 0. The van der Waals surface area contributed by atoms with Crippen molar-refractivity contribution in [2.75, 3.05) is 26.6 Å². The molecule has 0 atom stereocenters. The molecular weight excluding hydrogens is 148 g/mol. The zero-order valence-corrected chi connectivity index (χ0v) is 6.54. The van der Waals surface area contributed by atoms with E-state index in [9.17, 15) is 4.79 Å². The molecule has 1 aliphatic heterocycles. The highest BCUT2D eigenvalue weighted by Gasteiger charge is 2.23. The maximum Gasteiger partial charge on any atom is 0.313 e. The Morgan fingerprint density at radius 2 is 2.18 bits per heavy atom. The molecule has 4 heteroatoms. The molecule has 0 unspecified atom stereocenters. The molecule has 1 heterocycles. The van der Waals surface area contributed by atoms with Crippen LogP contribution in [0.25, 0.3) is 0 Å². The summed E-state index contributed by atoms with van der Waals surface area (Å²) in [5, 5.41) is 0. The second kappa shape index (κ2) is 4.31. The minimum absolute atomic E-state index is 0.229. The van der Waals surface area contributed by atoms with Gasteiger partial charge in [0, 0.05) is 0 Å². The van der Waals surface area contributed by atoms with Crippen molar-refractivity contribution >= 4 is 5.97 Å². The van der Waals surface area contributed by atoms with Crippen LogP contribution in [0.2, 0.25) is 0 Å². The molecule has 0 aromatic heterocycles. The van der Waals surface area contributed by atoms with Crippen molar-refractivity contribution in [3.63, 3.8) is 0 Å². The van der Waals surface area contributed by atoms with Gasteiger partial charge >= 0.3 is 5.97 Å². The van der Waals surface area contributed by atoms with Crippen molar-refractivity contribution in [2.45, 2.75) is 6.92 Å². The summed E-state index contributed by atoms with van der Waals surface area (Å²) in [5.74, 6) is -0.462. The average molecular weight is 160 g/mol. The highest BCUT2D eigenvalue weighted by atomic mass is 16.7. The molecule has 4 nitrogen and oxygen atoms in total. The molecule has 0 spiro atoms. The van der Waals surface area contributed by atoms with E-state index in [1.807, 2.05) is 0 Å². The average Bonchev–Trinajstić information content (AvgIpc) is 2.07. The topological polar surface area (TPSA) is 44.8 Å². The molecule has 0 aromatic rings. The van der Waals surface area contributed by atoms with Crippen LogP contribution in [-0.2, 0) is 19.0 Å². The lowest BCUT2D eigenvalue weighted by Crippen LogP contribution is -2.32. The molecule has 0 amide bonds. The standard InChI is InChI=1S/C7H12O4/c1-2-11-7(8)6-3-9-5-10-4-6/h6H,2-5H2,1H3. The Balaban J connectivity index is 2.27. The third-order valence-electron chi connectivity index (χ3n) is 1.42. The number of hydrogen-bond acceptors (Lipinski definition) is 4. The first-order chi connectivity index (χ1) is 5.34. The molecule has 0 saturated carbocycles. The number of carbonyl (C=O) groups excluding carboxylic acids is 1. The van der Waals surface area contributed by atoms with Gasteiger partial charge in [0.15, 0.2) is 0 Å². The summed E-state index contributed by atoms with van der Waals surface area (Å²) in [6, 6.07) is 0. The monoisotopic (exact) mass is 160 g/mol. The molecule has 11 heavy (non-hydrogen) atoms. The third-order valence-corrected chi connectivity index (χ3v) is 1.42. The number of rotatable bonds is 2. The van der Waals surface area contributed by atoms with E-state index in [-0.39, 0.29) is 18.7 Å². The maximum atomic E-state index is 11.0. The van der Waals surface area contributed by atoms with Crippen LogP contribution >= 0.6 is 0 Å². The van der Waals surface area contributed by atoms with Crippen LogP contribution in [0.15, 0.2) is 0 Å². The van der Waals surface area contributed by atoms with E-state index in [0.29, 0.717) is 19.8 Å². The van der Waals surface area contributed by atoms with E-state index < -0.39 is 0 Å². The van der Waals surface area contributed by atoms with Gasteiger partial charge < -0.3 is 14.2 Å². The molecule has 0 aliphatic carbocycles. The van der Waals surface area contributed by atoms with Crippen LogP contribution in [0.1, 0.15) is 6.92 Å². The van der Waals surface area contributed by atoms with Gasteiger partial charge in [-0.3, -0.25) is 4.79 Å². The Bertz CT molecular complexity index is 128. The summed E-state index contributed by atoms with van der Waals surface area (Å²) in [5.41, 5.74) is 0. The van der Waals surface area contributed by atoms with Crippen molar-refractivity contribution in [1.82, 2.24) is 0 Å². The van der Waals surface area contributed by atoms with E-state index in [1.54, 1.807) is 6.92 Å². The summed E-state index contributed by atoms with van der Waals surface area (Å²) in [7, 11) is 0. The zero-order valence-electron chi connectivity index (χ0n) is 6.54. The van der Waals surface area contributed by atoms with Gasteiger partial charge in [-0.15, -0.1) is 0 Å². The molecular formula is C7H12O4. The lowest BCUT2D eigenvalue weighted by Gasteiger charge is -2.20. The number of hydrogen-bond donors (Lipinski definition) is 0. The second-order valence-corrected chi connectivity index (χ2v) is 2.31. The minimum Gasteiger partial charge on any atom is -0.466 e. The van der Waals surface area contributed by atoms with Gasteiger partial charge in [-0.25, -0.2) is 0 Å². The lowest BCUT2D eigenvalue weighted by molar-refractivity contribution is -0.170. The molecule has 0 aromatic carbocycles. The molecule has 0 radical (unpaired) electrons. The van der Waals surface area contributed by atoms with Crippen LogP contribution < -0.4 is 0 Å². The first kappa shape index (κ1) is 8.49. The van der Waals surface area contributed by atoms with E-state index >= 15 is 0 Å². The van der Waals surface area contributed by atoms with Gasteiger partial charge in [-0.05, 0) is 6.92 Å². The van der Waals surface area contributed by atoms with Crippen LogP contribution in [-0.4, -0.2) is 32.6 Å². The highest BCUT2D eigenvalue weighted by Crippen LogP contribution is 2.06. The summed E-state index contributed by atoms with van der Waals surface area (Å²) in [6.45, 7) is 3.31. The smallest absolute Gasteiger partial charge is 0.313 e. The third kappa shape index (κ3) is 2.48. The first-order valence-corrected chi connectivity index (χ1v) is 3.66. The molecule has 1 aliphatic rings. The fourth-order valence-corrected chi connectivity index (χ4v) is 0.884. The van der Waals surface area contributed by atoms with Gasteiger partial charge in [-0.1, -0.05) is 0 Å². The Labute approximate surface area is 65.4 Å². The zero-order chi connectivity index (χ0) is 8.10. The van der Waals surface area contributed by atoms with Crippen molar-refractivity contribution < 1.29 is 19.0 Å². The van der Waals surface area contributed by atoms with Crippen LogP contribution in [0.3, 0.4) is 0 Å². The summed E-state index contributed by atoms with van der Waals surface area (Å²) in [4.78, 5) is 11.0. The Morgan fingerprint density at radius 3 is 2.73 bits per heavy atom. The van der Waals surface area contributed by atoms with Crippen molar-refractivity contribution in [1.29, 1.82) is 0 Å². The van der Waals surface area contributed by atoms with Gasteiger partial charge in [-0.2, -0.15) is 0 Å². The maximum absolute atomic E-state index is 11.0. The SMILES string of the molecule is CCOC(=O)C1COCOC1. The molecule has 0 N–H and O–H groups in total. The minimum atomic E-state index is -0.233. The Kier molecular flexibility index (Phi) is 3.32. The van der Waals surface area contributed by atoms with Crippen molar-refractivity contribution in [3.8, 4) is 0 Å². The van der Waals surface area contributed by atoms with Crippen LogP contribution in [0, 0.1) is 5.92 Å². The predicted molar refractivity (Wildman–Crippen MR) is 36.9 cm³/mol. The predicted octanol–water partition coefficient (Wildman–Crippen LogP) is 0.170. The second-order valence-electron chi connectivity index (χ2n) is 2.31. The van der Waals surface area contributed by atoms with E-state index in [4.69, 9.17) is 14.2 Å².